The second-order valence-corrected chi connectivity index (χ2v) is 7.75. The highest BCUT2D eigenvalue weighted by Gasteiger charge is 2.59. The summed E-state index contributed by atoms with van der Waals surface area (Å²) in [6, 6.07) is 0. The zero-order chi connectivity index (χ0) is 9.27. The average Bonchev–Trinajstić information content (AvgIpc) is 1.99. The molecule has 4 bridgehead atoms. The lowest BCUT2D eigenvalue weighted by molar-refractivity contribution is -0.0636. The molecule has 4 aliphatic rings. The minimum Gasteiger partial charge on any atom is -0.0847 e. The lowest BCUT2D eigenvalue weighted by Gasteiger charge is -2.63. The van der Waals surface area contributed by atoms with Gasteiger partial charge in [-0.1, -0.05) is 29.8 Å². The van der Waals surface area contributed by atoms with Crippen molar-refractivity contribution in [3.05, 3.63) is 0 Å². The van der Waals surface area contributed by atoms with Crippen LogP contribution in [-0.2, 0) is 0 Å². The molecule has 0 amide bonds. The summed E-state index contributed by atoms with van der Waals surface area (Å²) in [7, 11) is 0. The Morgan fingerprint density at radius 3 is 2.00 bits per heavy atom. The van der Waals surface area contributed by atoms with Crippen LogP contribution in [0, 0.1) is 23.2 Å². The lowest BCUT2D eigenvalue weighted by Crippen LogP contribution is -2.58. The van der Waals surface area contributed by atoms with E-state index in [-0.39, 0.29) is 0 Å². The first kappa shape index (κ1) is 8.76. The summed E-state index contributed by atoms with van der Waals surface area (Å²) in [5, 5.41) is 0. The van der Waals surface area contributed by atoms with Crippen LogP contribution in [-0.4, -0.2) is 4.32 Å². The number of hydrogen-bond acceptors (Lipinski definition) is 0. The van der Waals surface area contributed by atoms with E-state index in [1.807, 2.05) is 0 Å². The van der Waals surface area contributed by atoms with Gasteiger partial charge in [-0.15, -0.1) is 0 Å². The van der Waals surface area contributed by atoms with Gasteiger partial charge in [0, 0.05) is 4.32 Å². The third kappa shape index (κ3) is 0.976. The Balaban J connectivity index is 2.03. The molecule has 0 N–H and O–H groups in total. The Morgan fingerprint density at radius 2 is 1.54 bits per heavy atom. The number of hydrogen-bond donors (Lipinski definition) is 0. The van der Waals surface area contributed by atoms with Crippen molar-refractivity contribution in [1.82, 2.24) is 0 Å². The van der Waals surface area contributed by atoms with Crippen LogP contribution in [0.4, 0.5) is 0 Å². The van der Waals surface area contributed by atoms with E-state index < -0.39 is 0 Å². The van der Waals surface area contributed by atoms with E-state index in [0.29, 0.717) is 9.74 Å². The van der Waals surface area contributed by atoms with Crippen molar-refractivity contribution >= 4 is 15.9 Å². The second-order valence-electron chi connectivity index (χ2n) is 6.23. The van der Waals surface area contributed by atoms with Crippen LogP contribution >= 0.6 is 15.9 Å². The van der Waals surface area contributed by atoms with E-state index in [1.165, 1.54) is 25.7 Å². The molecule has 0 nitrogen and oxygen atoms in total. The fourth-order valence-corrected chi connectivity index (χ4v) is 5.62. The molecule has 0 aliphatic heterocycles. The Morgan fingerprint density at radius 1 is 1.00 bits per heavy atom. The smallest absolute Gasteiger partial charge is 0.0316 e. The number of alkyl halides is 1. The first-order chi connectivity index (χ1) is 6.01. The van der Waals surface area contributed by atoms with E-state index in [1.54, 1.807) is 6.42 Å². The second kappa shape index (κ2) is 2.35. The van der Waals surface area contributed by atoms with E-state index in [9.17, 15) is 0 Å². The van der Waals surface area contributed by atoms with E-state index in [0.717, 1.165) is 17.8 Å². The van der Waals surface area contributed by atoms with Crippen molar-refractivity contribution in [2.45, 2.75) is 50.3 Å². The molecule has 4 rings (SSSR count). The van der Waals surface area contributed by atoms with Gasteiger partial charge < -0.3 is 0 Å². The molecule has 0 aromatic rings. The highest BCUT2D eigenvalue weighted by molar-refractivity contribution is 9.10. The topological polar surface area (TPSA) is 0 Å². The fourth-order valence-electron chi connectivity index (χ4n) is 4.38. The highest BCUT2D eigenvalue weighted by Crippen LogP contribution is 2.67. The molecule has 0 radical (unpaired) electrons. The Bertz CT molecular complexity index is 230. The summed E-state index contributed by atoms with van der Waals surface area (Å²) in [5.41, 5.74) is 0.556. The first-order valence-corrected chi connectivity index (χ1v) is 6.49. The normalized spacial score (nSPS) is 57.0. The molecule has 2 unspecified atom stereocenters. The Hall–Kier alpha value is 0.480. The Kier molecular flexibility index (Phi) is 1.58. The van der Waals surface area contributed by atoms with Crippen molar-refractivity contribution in [1.29, 1.82) is 0 Å². The van der Waals surface area contributed by atoms with Crippen LogP contribution in [0.25, 0.3) is 0 Å². The zero-order valence-electron chi connectivity index (χ0n) is 8.65. The third-order valence-electron chi connectivity index (χ3n) is 5.30. The van der Waals surface area contributed by atoms with Gasteiger partial charge >= 0.3 is 0 Å². The van der Waals surface area contributed by atoms with Crippen LogP contribution in [0.15, 0.2) is 0 Å². The van der Waals surface area contributed by atoms with Gasteiger partial charge in [-0.05, 0) is 55.3 Å². The van der Waals surface area contributed by atoms with Gasteiger partial charge in [-0.3, -0.25) is 0 Å². The summed E-state index contributed by atoms with van der Waals surface area (Å²) < 4.78 is 0.509. The lowest BCUT2D eigenvalue weighted by atomic mass is 9.46. The minimum atomic E-state index is 0.509. The van der Waals surface area contributed by atoms with Crippen LogP contribution in [0.1, 0.15) is 46.0 Å². The molecule has 0 heterocycles. The zero-order valence-corrected chi connectivity index (χ0v) is 10.2. The maximum atomic E-state index is 4.08. The highest BCUT2D eigenvalue weighted by atomic mass is 79.9. The van der Waals surface area contributed by atoms with Crippen molar-refractivity contribution in [3.63, 3.8) is 0 Å². The largest absolute Gasteiger partial charge is 0.0847 e. The van der Waals surface area contributed by atoms with E-state index in [4.69, 9.17) is 0 Å². The molecule has 2 atom stereocenters. The molecular formula is C12H19Br. The number of rotatable bonds is 0. The van der Waals surface area contributed by atoms with Crippen molar-refractivity contribution in [3.8, 4) is 0 Å². The van der Waals surface area contributed by atoms with Gasteiger partial charge in [-0.2, -0.15) is 0 Å². The number of halogens is 1. The SMILES string of the molecule is CC1(C)C2CC3CC(C2)CC1(Br)C3. The monoisotopic (exact) mass is 242 g/mol. The van der Waals surface area contributed by atoms with Gasteiger partial charge in [0.25, 0.3) is 0 Å². The fraction of sp³-hybridized carbons (Fsp3) is 1.00. The van der Waals surface area contributed by atoms with Crippen molar-refractivity contribution in [2.24, 2.45) is 23.2 Å². The summed E-state index contributed by atoms with van der Waals surface area (Å²) in [5.74, 6) is 3.13. The summed E-state index contributed by atoms with van der Waals surface area (Å²) >= 11 is 4.08. The Labute approximate surface area is 89.6 Å². The molecule has 1 heteroatoms. The molecule has 0 aromatic carbocycles. The van der Waals surface area contributed by atoms with Gasteiger partial charge in [0.2, 0.25) is 0 Å². The van der Waals surface area contributed by atoms with Crippen LogP contribution < -0.4 is 0 Å². The molecular weight excluding hydrogens is 224 g/mol. The predicted octanol–water partition coefficient (Wildman–Crippen LogP) is 3.99. The molecule has 13 heavy (non-hydrogen) atoms. The van der Waals surface area contributed by atoms with Gasteiger partial charge in [0.05, 0.1) is 0 Å². The van der Waals surface area contributed by atoms with Gasteiger partial charge in [-0.25, -0.2) is 0 Å². The van der Waals surface area contributed by atoms with Crippen LogP contribution in [0.3, 0.4) is 0 Å². The maximum Gasteiger partial charge on any atom is 0.0316 e. The first-order valence-electron chi connectivity index (χ1n) is 5.70. The third-order valence-corrected chi connectivity index (χ3v) is 6.97. The molecule has 0 saturated heterocycles. The van der Waals surface area contributed by atoms with Crippen molar-refractivity contribution < 1.29 is 0 Å². The average molecular weight is 243 g/mol. The summed E-state index contributed by atoms with van der Waals surface area (Å²) in [6.45, 7) is 4.98. The van der Waals surface area contributed by atoms with Crippen molar-refractivity contribution in [2.75, 3.05) is 0 Å². The van der Waals surface area contributed by atoms with Gasteiger partial charge in [0.1, 0.15) is 0 Å². The van der Waals surface area contributed by atoms with Crippen LogP contribution in [0.5, 0.6) is 0 Å². The summed E-state index contributed by atoms with van der Waals surface area (Å²) in [6.07, 6.45) is 7.49. The van der Waals surface area contributed by atoms with E-state index in [2.05, 4.69) is 29.8 Å². The molecule has 4 fully saturated rings. The van der Waals surface area contributed by atoms with Crippen LogP contribution in [0.2, 0.25) is 0 Å². The standard InChI is InChI=1S/C12H19Br/c1-11(2)10-4-8-3-9(5-10)7-12(11,13)6-8/h8-10H,3-7H2,1-2H3. The summed E-state index contributed by atoms with van der Waals surface area (Å²) in [4.78, 5) is 0. The van der Waals surface area contributed by atoms with E-state index >= 15 is 0 Å². The maximum absolute atomic E-state index is 4.08. The molecule has 0 spiro atoms. The quantitative estimate of drug-likeness (QED) is 0.564. The molecule has 74 valence electrons. The molecule has 4 saturated carbocycles. The van der Waals surface area contributed by atoms with Gasteiger partial charge in [0.15, 0.2) is 0 Å². The molecule has 0 aromatic heterocycles. The minimum absolute atomic E-state index is 0.509. The predicted molar refractivity (Wildman–Crippen MR) is 59.0 cm³/mol. The molecule has 4 aliphatic carbocycles.